The summed E-state index contributed by atoms with van der Waals surface area (Å²) in [6.45, 7) is 5.92. The molecule has 2 rings (SSSR count). The van der Waals surface area contributed by atoms with Crippen LogP contribution in [0, 0.1) is 5.41 Å². The molecule has 0 aliphatic carbocycles. The van der Waals surface area contributed by atoms with Crippen molar-refractivity contribution in [1.82, 2.24) is 20.2 Å². The van der Waals surface area contributed by atoms with Crippen molar-refractivity contribution in [3.63, 3.8) is 0 Å². The van der Waals surface area contributed by atoms with Gasteiger partial charge in [0, 0.05) is 31.6 Å². The van der Waals surface area contributed by atoms with E-state index in [9.17, 15) is 14.0 Å². The van der Waals surface area contributed by atoms with Crippen molar-refractivity contribution < 1.29 is 14.0 Å². The molecule has 2 heterocycles. The molecule has 2 atom stereocenters. The van der Waals surface area contributed by atoms with Gasteiger partial charge in [0.2, 0.25) is 11.8 Å². The van der Waals surface area contributed by atoms with Crippen LogP contribution < -0.4 is 10.2 Å². The number of hydrogen-bond acceptors (Lipinski definition) is 5. The maximum absolute atomic E-state index is 13.9. The van der Waals surface area contributed by atoms with Gasteiger partial charge in [-0.1, -0.05) is 20.8 Å². The van der Waals surface area contributed by atoms with Crippen LogP contribution in [-0.2, 0) is 9.59 Å². The molecule has 1 aliphatic heterocycles. The summed E-state index contributed by atoms with van der Waals surface area (Å²) < 4.78 is 13.9. The largest absolute Gasteiger partial charge is 0.349 e. The van der Waals surface area contributed by atoms with Crippen molar-refractivity contribution in [2.24, 2.45) is 5.41 Å². The van der Waals surface area contributed by atoms with Crippen molar-refractivity contribution in [2.45, 2.75) is 39.4 Å². The molecule has 1 aromatic rings. The van der Waals surface area contributed by atoms with E-state index in [-0.39, 0.29) is 30.9 Å². The highest BCUT2D eigenvalue weighted by Gasteiger charge is 2.34. The van der Waals surface area contributed by atoms with Gasteiger partial charge in [-0.3, -0.25) is 9.59 Å². The summed E-state index contributed by atoms with van der Waals surface area (Å²) in [7, 11) is 1.66. The minimum atomic E-state index is -0.955. The third kappa shape index (κ3) is 5.11. The molecule has 1 fully saturated rings. The zero-order chi connectivity index (χ0) is 18.6. The predicted octanol–water partition coefficient (Wildman–Crippen LogP) is 1.01. The van der Waals surface area contributed by atoms with Crippen molar-refractivity contribution in [3.8, 4) is 0 Å². The lowest BCUT2D eigenvalue weighted by Gasteiger charge is -2.29. The van der Waals surface area contributed by atoms with Gasteiger partial charge in [0.1, 0.15) is 18.3 Å². The number of amides is 2. The Kier molecular flexibility index (Phi) is 5.92. The molecular formula is C17H26FN5O2. The van der Waals surface area contributed by atoms with E-state index in [2.05, 4.69) is 15.3 Å². The second-order valence-corrected chi connectivity index (χ2v) is 7.41. The Morgan fingerprint density at radius 1 is 1.44 bits per heavy atom. The Bertz CT molecular complexity index is 605. The van der Waals surface area contributed by atoms with Crippen molar-refractivity contribution in [1.29, 1.82) is 0 Å². The van der Waals surface area contributed by atoms with E-state index >= 15 is 0 Å². The molecule has 8 heteroatoms. The smallest absolute Gasteiger partial charge is 0.241 e. The number of nitrogens with zero attached hydrogens (tertiary/aromatic N) is 4. The first-order chi connectivity index (χ1) is 11.7. The normalized spacial score (nSPS) is 20.4. The summed E-state index contributed by atoms with van der Waals surface area (Å²) in [6.07, 6.45) is 2.43. The summed E-state index contributed by atoms with van der Waals surface area (Å²) in [6, 6.07) is 1.58. The van der Waals surface area contributed by atoms with Gasteiger partial charge in [-0.25, -0.2) is 14.4 Å². The quantitative estimate of drug-likeness (QED) is 0.857. The number of aromatic nitrogens is 2. The summed E-state index contributed by atoms with van der Waals surface area (Å²) in [5.41, 5.74) is -0.546. The van der Waals surface area contributed by atoms with E-state index in [1.165, 1.54) is 11.2 Å². The van der Waals surface area contributed by atoms with Crippen molar-refractivity contribution in [3.05, 3.63) is 18.6 Å². The molecule has 1 saturated heterocycles. The third-order valence-electron chi connectivity index (χ3n) is 4.22. The van der Waals surface area contributed by atoms with Crippen LogP contribution in [0.1, 0.15) is 27.2 Å². The summed E-state index contributed by atoms with van der Waals surface area (Å²) in [5, 5.41) is 2.64. The fourth-order valence-electron chi connectivity index (χ4n) is 2.74. The number of likely N-dealkylation sites (N-methyl/N-ethyl adjacent to an activating group) is 1. The number of carbonyl (C=O) groups is 2. The molecule has 1 N–H and O–H groups in total. The van der Waals surface area contributed by atoms with Crippen LogP contribution in [0.3, 0.4) is 0 Å². The molecule has 0 bridgehead atoms. The summed E-state index contributed by atoms with van der Waals surface area (Å²) in [4.78, 5) is 35.6. The SMILES string of the molecule is CN(C[C@@H]1C[C@H](F)CN1c1ccncn1)C(=O)CNC(=O)C(C)(C)C. The number of hydrogen-bond donors (Lipinski definition) is 1. The molecule has 0 saturated carbocycles. The second kappa shape index (κ2) is 7.76. The first-order valence-corrected chi connectivity index (χ1v) is 8.37. The van der Waals surface area contributed by atoms with E-state index in [1.54, 1.807) is 40.1 Å². The molecule has 0 unspecified atom stereocenters. The zero-order valence-corrected chi connectivity index (χ0v) is 15.2. The number of anilines is 1. The highest BCUT2D eigenvalue weighted by Crippen LogP contribution is 2.25. The van der Waals surface area contributed by atoms with Crippen LogP contribution in [0.25, 0.3) is 0 Å². The standard InChI is InChI=1S/C17H26FN5O2/c1-17(2,3)16(25)20-8-15(24)22(4)10-13-7-12(18)9-23(13)14-5-6-19-11-21-14/h5-6,11-13H,7-10H2,1-4H3,(H,20,25)/t12-,13-/m0/s1. The van der Waals surface area contributed by atoms with Gasteiger partial charge < -0.3 is 15.1 Å². The highest BCUT2D eigenvalue weighted by molar-refractivity contribution is 5.87. The molecule has 0 radical (unpaired) electrons. The number of halogens is 1. The van der Waals surface area contributed by atoms with Crippen LogP contribution in [0.2, 0.25) is 0 Å². The molecule has 2 amide bonds. The molecule has 0 aromatic carbocycles. The van der Waals surface area contributed by atoms with E-state index < -0.39 is 11.6 Å². The van der Waals surface area contributed by atoms with Gasteiger partial charge in [-0.2, -0.15) is 0 Å². The molecule has 7 nitrogen and oxygen atoms in total. The van der Waals surface area contributed by atoms with Gasteiger partial charge >= 0.3 is 0 Å². The van der Waals surface area contributed by atoms with E-state index in [0.29, 0.717) is 18.8 Å². The Hall–Kier alpha value is -2.25. The van der Waals surface area contributed by atoms with Gasteiger partial charge in [0.15, 0.2) is 0 Å². The maximum Gasteiger partial charge on any atom is 0.241 e. The Morgan fingerprint density at radius 3 is 2.76 bits per heavy atom. The minimum Gasteiger partial charge on any atom is -0.349 e. The van der Waals surface area contributed by atoms with Crippen molar-refractivity contribution in [2.75, 3.05) is 31.6 Å². The van der Waals surface area contributed by atoms with Gasteiger partial charge in [-0.15, -0.1) is 0 Å². The predicted molar refractivity (Wildman–Crippen MR) is 92.8 cm³/mol. The molecule has 1 aromatic heterocycles. The average molecular weight is 351 g/mol. The van der Waals surface area contributed by atoms with E-state index in [1.807, 2.05) is 4.90 Å². The first-order valence-electron chi connectivity index (χ1n) is 8.37. The van der Waals surface area contributed by atoms with Crippen LogP contribution in [-0.4, -0.2) is 65.6 Å². The lowest BCUT2D eigenvalue weighted by atomic mass is 9.96. The van der Waals surface area contributed by atoms with Gasteiger partial charge in [0.25, 0.3) is 0 Å². The second-order valence-electron chi connectivity index (χ2n) is 7.41. The molecular weight excluding hydrogens is 325 g/mol. The number of carbonyl (C=O) groups excluding carboxylic acids is 2. The maximum atomic E-state index is 13.9. The Morgan fingerprint density at radius 2 is 2.16 bits per heavy atom. The summed E-state index contributed by atoms with van der Waals surface area (Å²) in [5.74, 6) is 0.270. The van der Waals surface area contributed by atoms with Crippen molar-refractivity contribution >= 4 is 17.6 Å². The van der Waals surface area contributed by atoms with Crippen LogP contribution in [0.15, 0.2) is 18.6 Å². The minimum absolute atomic E-state index is 0.0636. The summed E-state index contributed by atoms with van der Waals surface area (Å²) >= 11 is 0. The Balaban J connectivity index is 1.93. The van der Waals surface area contributed by atoms with Gasteiger partial charge in [0.05, 0.1) is 19.1 Å². The fraction of sp³-hybridized carbons (Fsp3) is 0.647. The number of alkyl halides is 1. The zero-order valence-electron chi connectivity index (χ0n) is 15.2. The first kappa shape index (κ1) is 19.1. The van der Waals surface area contributed by atoms with Crippen LogP contribution in [0.4, 0.5) is 10.2 Å². The number of rotatable bonds is 5. The molecule has 138 valence electrons. The van der Waals surface area contributed by atoms with Crippen LogP contribution in [0.5, 0.6) is 0 Å². The molecule has 1 aliphatic rings. The Labute approximate surface area is 147 Å². The van der Waals surface area contributed by atoms with E-state index in [4.69, 9.17) is 0 Å². The van der Waals surface area contributed by atoms with Crippen LogP contribution >= 0.6 is 0 Å². The third-order valence-corrected chi connectivity index (χ3v) is 4.22. The molecule has 25 heavy (non-hydrogen) atoms. The average Bonchev–Trinajstić information content (AvgIpc) is 2.92. The fourth-order valence-corrected chi connectivity index (χ4v) is 2.74. The topological polar surface area (TPSA) is 78.4 Å². The molecule has 0 spiro atoms. The van der Waals surface area contributed by atoms with Gasteiger partial charge in [-0.05, 0) is 6.07 Å². The lowest BCUT2D eigenvalue weighted by Crippen LogP contribution is -2.46. The monoisotopic (exact) mass is 351 g/mol. The lowest BCUT2D eigenvalue weighted by molar-refractivity contribution is -0.134. The number of nitrogens with one attached hydrogen (secondary N) is 1. The van der Waals surface area contributed by atoms with E-state index in [0.717, 1.165) is 0 Å². The highest BCUT2D eigenvalue weighted by atomic mass is 19.1.